The maximum atomic E-state index is 13.0. The number of rotatable bonds is 7. The molecule has 0 aliphatic carbocycles. The van der Waals surface area contributed by atoms with Gasteiger partial charge in [0, 0.05) is 48.2 Å². The summed E-state index contributed by atoms with van der Waals surface area (Å²) in [6.45, 7) is 5.96. The van der Waals surface area contributed by atoms with Crippen molar-refractivity contribution < 1.29 is 14.7 Å². The highest BCUT2D eigenvalue weighted by Gasteiger charge is 2.23. The Morgan fingerprint density at radius 2 is 1.67 bits per heavy atom. The standard InChI is InChI=1S/C28H35N5O3/c1-6-33(31(3)4)28(36)20-9-7-19(8-10-20)26(29-22-13-15-32(5)16-14-22)25-23-17-21(18(2)34)11-12-24(23)30-27(25)35/h7-12,17,22,30,35H,6,13-16H2,1-5H3. The van der Waals surface area contributed by atoms with Gasteiger partial charge in [0.15, 0.2) is 11.7 Å². The van der Waals surface area contributed by atoms with Crippen LogP contribution in [-0.4, -0.2) is 89.2 Å². The molecule has 0 spiro atoms. The lowest BCUT2D eigenvalue weighted by atomic mass is 9.97. The largest absolute Gasteiger partial charge is 0.494 e. The smallest absolute Gasteiger partial charge is 0.268 e. The van der Waals surface area contributed by atoms with Crippen LogP contribution in [0.3, 0.4) is 0 Å². The summed E-state index contributed by atoms with van der Waals surface area (Å²) in [6.07, 6.45) is 1.85. The molecule has 1 fully saturated rings. The average Bonchev–Trinajstić information content (AvgIpc) is 3.18. The summed E-state index contributed by atoms with van der Waals surface area (Å²) in [7, 11) is 5.80. The number of aromatic amines is 1. The second-order valence-corrected chi connectivity index (χ2v) is 9.62. The van der Waals surface area contributed by atoms with Gasteiger partial charge in [-0.1, -0.05) is 12.1 Å². The van der Waals surface area contributed by atoms with Crippen LogP contribution in [0.4, 0.5) is 0 Å². The van der Waals surface area contributed by atoms with Gasteiger partial charge in [0.1, 0.15) is 0 Å². The third kappa shape index (κ3) is 5.20. The van der Waals surface area contributed by atoms with Crippen molar-refractivity contribution in [3.8, 4) is 5.88 Å². The van der Waals surface area contributed by atoms with Crippen LogP contribution < -0.4 is 0 Å². The normalized spacial score (nSPS) is 15.6. The molecule has 1 aromatic heterocycles. The first kappa shape index (κ1) is 25.6. The third-order valence-electron chi connectivity index (χ3n) is 6.84. The molecule has 3 aromatic rings. The van der Waals surface area contributed by atoms with Crippen LogP contribution in [-0.2, 0) is 0 Å². The minimum Gasteiger partial charge on any atom is -0.494 e. The molecule has 0 saturated carbocycles. The van der Waals surface area contributed by atoms with Crippen LogP contribution in [0.15, 0.2) is 47.5 Å². The minimum absolute atomic E-state index is 0.0160. The predicted octanol–water partition coefficient (Wildman–Crippen LogP) is 3.95. The number of hydrogen-bond donors (Lipinski definition) is 2. The molecule has 1 aliphatic heterocycles. The fourth-order valence-corrected chi connectivity index (χ4v) is 4.75. The highest BCUT2D eigenvalue weighted by Crippen LogP contribution is 2.32. The molecule has 1 amide bonds. The summed E-state index contributed by atoms with van der Waals surface area (Å²) in [5, 5.41) is 15.2. The molecular formula is C28H35N5O3. The molecule has 36 heavy (non-hydrogen) atoms. The average molecular weight is 490 g/mol. The first-order valence-corrected chi connectivity index (χ1v) is 12.4. The zero-order chi connectivity index (χ0) is 26.0. The Balaban J connectivity index is 1.81. The molecule has 2 aromatic carbocycles. The van der Waals surface area contributed by atoms with E-state index >= 15 is 0 Å². The summed E-state index contributed by atoms with van der Waals surface area (Å²) in [5.41, 5.74) is 3.94. The van der Waals surface area contributed by atoms with Crippen molar-refractivity contribution in [2.75, 3.05) is 40.8 Å². The molecule has 2 N–H and O–H groups in total. The number of H-pyrrole nitrogens is 1. The Morgan fingerprint density at radius 1 is 1.06 bits per heavy atom. The highest BCUT2D eigenvalue weighted by molar-refractivity contribution is 6.22. The van der Waals surface area contributed by atoms with Gasteiger partial charge in [-0.3, -0.25) is 19.6 Å². The lowest BCUT2D eigenvalue weighted by molar-refractivity contribution is 0.0230. The Bertz CT molecular complexity index is 1280. The highest BCUT2D eigenvalue weighted by atomic mass is 16.3. The minimum atomic E-state index is -0.0797. The second-order valence-electron chi connectivity index (χ2n) is 9.62. The number of Topliss-reactive ketones (excluding diaryl/α,β-unsaturated/α-hetero) is 1. The zero-order valence-electron chi connectivity index (χ0n) is 21.7. The van der Waals surface area contributed by atoms with Crippen LogP contribution in [0.5, 0.6) is 5.88 Å². The van der Waals surface area contributed by atoms with E-state index in [1.54, 1.807) is 28.2 Å². The number of piperidine rings is 1. The summed E-state index contributed by atoms with van der Waals surface area (Å²) in [5.74, 6) is -0.104. The van der Waals surface area contributed by atoms with E-state index in [-0.39, 0.29) is 23.6 Å². The number of fused-ring (bicyclic) bond motifs is 1. The maximum Gasteiger partial charge on any atom is 0.268 e. The number of ketones is 1. The number of carbonyl (C=O) groups excluding carboxylic acids is 2. The summed E-state index contributed by atoms with van der Waals surface area (Å²) >= 11 is 0. The van der Waals surface area contributed by atoms with Crippen molar-refractivity contribution in [3.63, 3.8) is 0 Å². The van der Waals surface area contributed by atoms with Crippen molar-refractivity contribution in [3.05, 3.63) is 64.7 Å². The predicted molar refractivity (Wildman–Crippen MR) is 143 cm³/mol. The summed E-state index contributed by atoms with van der Waals surface area (Å²) in [4.78, 5) is 35.5. The molecule has 0 unspecified atom stereocenters. The SMILES string of the molecule is CCN(C(=O)c1ccc(C(=NC2CCN(C)CC2)c2c(O)[nH]c3ccc(C(C)=O)cc23)cc1)N(C)C. The third-order valence-corrected chi connectivity index (χ3v) is 6.84. The molecule has 1 saturated heterocycles. The Labute approximate surface area is 212 Å². The van der Waals surface area contributed by atoms with Gasteiger partial charge in [-0.05, 0) is 77.2 Å². The zero-order valence-corrected chi connectivity index (χ0v) is 21.7. The maximum absolute atomic E-state index is 13.0. The van der Waals surface area contributed by atoms with Gasteiger partial charge >= 0.3 is 0 Å². The first-order valence-electron chi connectivity index (χ1n) is 12.4. The Morgan fingerprint density at radius 3 is 2.25 bits per heavy atom. The molecule has 8 heteroatoms. The van der Waals surface area contributed by atoms with Crippen LogP contribution in [0.25, 0.3) is 10.9 Å². The molecule has 1 aliphatic rings. The van der Waals surface area contributed by atoms with Crippen molar-refractivity contribution in [1.29, 1.82) is 0 Å². The fraction of sp³-hybridized carbons (Fsp3) is 0.393. The van der Waals surface area contributed by atoms with E-state index in [9.17, 15) is 14.7 Å². The first-order chi connectivity index (χ1) is 17.2. The molecule has 4 rings (SSSR count). The molecule has 190 valence electrons. The Kier molecular flexibility index (Phi) is 7.56. The topological polar surface area (TPSA) is 92.2 Å². The van der Waals surface area contributed by atoms with Crippen LogP contribution >= 0.6 is 0 Å². The number of nitrogens with zero attached hydrogens (tertiary/aromatic N) is 4. The number of likely N-dealkylation sites (tertiary alicyclic amines) is 1. The van der Waals surface area contributed by atoms with Crippen molar-refractivity contribution >= 4 is 28.3 Å². The monoisotopic (exact) mass is 489 g/mol. The number of aliphatic imine (C=N–C) groups is 1. The number of amides is 1. The number of hydrazine groups is 1. The van der Waals surface area contributed by atoms with Gasteiger partial charge in [0.05, 0.1) is 17.3 Å². The summed E-state index contributed by atoms with van der Waals surface area (Å²) in [6, 6.07) is 12.9. The van der Waals surface area contributed by atoms with Gasteiger partial charge in [-0.2, -0.15) is 0 Å². The van der Waals surface area contributed by atoms with E-state index in [1.807, 2.05) is 45.3 Å². The number of aromatic hydroxyl groups is 1. The van der Waals surface area contributed by atoms with Crippen LogP contribution in [0, 0.1) is 0 Å². The molecule has 2 heterocycles. The van der Waals surface area contributed by atoms with E-state index in [0.29, 0.717) is 28.9 Å². The quantitative estimate of drug-likeness (QED) is 0.298. The van der Waals surface area contributed by atoms with Gasteiger partial charge in [-0.15, -0.1) is 0 Å². The Hall–Kier alpha value is -3.49. The van der Waals surface area contributed by atoms with Gasteiger partial charge in [0.2, 0.25) is 0 Å². The van der Waals surface area contributed by atoms with Gasteiger partial charge in [0.25, 0.3) is 5.91 Å². The van der Waals surface area contributed by atoms with Gasteiger partial charge < -0.3 is 15.0 Å². The number of carbonyl (C=O) groups is 2. The lowest BCUT2D eigenvalue weighted by Gasteiger charge is -2.28. The van der Waals surface area contributed by atoms with Crippen LogP contribution in [0.2, 0.25) is 0 Å². The lowest BCUT2D eigenvalue weighted by Crippen LogP contribution is -2.41. The van der Waals surface area contributed by atoms with E-state index in [0.717, 1.165) is 42.4 Å². The second kappa shape index (κ2) is 10.6. The summed E-state index contributed by atoms with van der Waals surface area (Å²) < 4.78 is 0. The van der Waals surface area contributed by atoms with E-state index in [4.69, 9.17) is 4.99 Å². The molecule has 0 radical (unpaired) electrons. The molecular weight excluding hydrogens is 454 g/mol. The van der Waals surface area contributed by atoms with Crippen molar-refractivity contribution in [2.45, 2.75) is 32.7 Å². The van der Waals surface area contributed by atoms with E-state index in [1.165, 1.54) is 6.92 Å². The number of nitrogens with one attached hydrogen (secondary N) is 1. The number of aromatic nitrogens is 1. The van der Waals surface area contributed by atoms with Crippen LogP contribution in [0.1, 0.15) is 58.5 Å². The van der Waals surface area contributed by atoms with Crippen molar-refractivity contribution in [1.82, 2.24) is 19.9 Å². The van der Waals surface area contributed by atoms with E-state index < -0.39 is 0 Å². The number of benzene rings is 2. The van der Waals surface area contributed by atoms with Gasteiger partial charge in [-0.25, -0.2) is 5.01 Å². The number of hydrogen-bond acceptors (Lipinski definition) is 6. The molecule has 8 nitrogen and oxygen atoms in total. The van der Waals surface area contributed by atoms with E-state index in [2.05, 4.69) is 16.9 Å². The molecule has 0 bridgehead atoms. The fourth-order valence-electron chi connectivity index (χ4n) is 4.75. The van der Waals surface area contributed by atoms with Crippen molar-refractivity contribution in [2.24, 2.45) is 4.99 Å². The molecule has 0 atom stereocenters.